The van der Waals surface area contributed by atoms with E-state index in [0.717, 1.165) is 0 Å². The highest BCUT2D eigenvalue weighted by molar-refractivity contribution is 5.89. The highest BCUT2D eigenvalue weighted by Crippen LogP contribution is 2.16. The lowest BCUT2D eigenvalue weighted by molar-refractivity contribution is -0.384. The van der Waals surface area contributed by atoms with E-state index in [0.29, 0.717) is 12.2 Å². The molecule has 7 heteroatoms. The summed E-state index contributed by atoms with van der Waals surface area (Å²) in [6.45, 7) is 2.08. The zero-order valence-electron chi connectivity index (χ0n) is 9.34. The number of nitrogens with zero attached hydrogens (tertiary/aromatic N) is 1. The van der Waals surface area contributed by atoms with Gasteiger partial charge in [-0.2, -0.15) is 0 Å². The topological polar surface area (TPSA) is 110 Å². The number of rotatable bonds is 4. The molecule has 4 N–H and O–H groups in total. The van der Waals surface area contributed by atoms with Crippen molar-refractivity contribution in [3.05, 3.63) is 34.4 Å². The Kier molecular flexibility index (Phi) is 4.41. The first-order valence-electron chi connectivity index (χ1n) is 5.05. The summed E-state index contributed by atoms with van der Waals surface area (Å²) < 4.78 is 0. The van der Waals surface area contributed by atoms with Gasteiger partial charge in [-0.15, -0.1) is 0 Å². The fourth-order valence-electron chi connectivity index (χ4n) is 1.15. The van der Waals surface area contributed by atoms with Gasteiger partial charge in [-0.3, -0.25) is 10.1 Å². The van der Waals surface area contributed by atoms with Crippen molar-refractivity contribution in [1.29, 1.82) is 0 Å². The van der Waals surface area contributed by atoms with Gasteiger partial charge in [0.05, 0.1) is 4.92 Å². The Bertz CT molecular complexity index is 422. The number of nitrogens with two attached hydrogens (primary N) is 1. The molecule has 0 aliphatic heterocycles. The number of urea groups is 1. The van der Waals surface area contributed by atoms with Crippen LogP contribution in [0.3, 0.4) is 0 Å². The number of anilines is 1. The average molecular weight is 238 g/mol. The van der Waals surface area contributed by atoms with E-state index >= 15 is 0 Å². The second kappa shape index (κ2) is 5.80. The van der Waals surface area contributed by atoms with Crippen molar-refractivity contribution >= 4 is 17.4 Å². The van der Waals surface area contributed by atoms with Crippen LogP contribution in [0.5, 0.6) is 0 Å². The number of benzene rings is 1. The molecule has 0 saturated carbocycles. The maximum Gasteiger partial charge on any atom is 0.319 e. The summed E-state index contributed by atoms with van der Waals surface area (Å²) in [6, 6.07) is 5.11. The zero-order chi connectivity index (χ0) is 12.8. The minimum Gasteiger partial charge on any atom is -0.334 e. The molecule has 0 saturated heterocycles. The highest BCUT2D eigenvalue weighted by Gasteiger charge is 2.09. The van der Waals surface area contributed by atoms with Crippen LogP contribution in [-0.2, 0) is 0 Å². The van der Waals surface area contributed by atoms with Crippen LogP contribution < -0.4 is 16.4 Å². The van der Waals surface area contributed by atoms with Crippen LogP contribution >= 0.6 is 0 Å². The molecule has 0 aliphatic carbocycles. The van der Waals surface area contributed by atoms with Crippen LogP contribution in [0.15, 0.2) is 24.3 Å². The number of carbonyl (C=O) groups is 1. The number of hydrogen-bond acceptors (Lipinski definition) is 4. The second-order valence-electron chi connectivity index (χ2n) is 3.54. The molecule has 0 spiro atoms. The Hall–Kier alpha value is -2.15. The van der Waals surface area contributed by atoms with Gasteiger partial charge in [0, 0.05) is 30.4 Å². The van der Waals surface area contributed by atoms with Crippen LogP contribution in [0.1, 0.15) is 6.92 Å². The van der Waals surface area contributed by atoms with E-state index in [2.05, 4.69) is 10.6 Å². The molecule has 0 fully saturated rings. The largest absolute Gasteiger partial charge is 0.334 e. The highest BCUT2D eigenvalue weighted by atomic mass is 16.6. The monoisotopic (exact) mass is 238 g/mol. The first-order valence-corrected chi connectivity index (χ1v) is 5.05. The molecule has 1 aromatic carbocycles. The quantitative estimate of drug-likeness (QED) is 0.538. The molecule has 2 amide bonds. The van der Waals surface area contributed by atoms with Gasteiger partial charge < -0.3 is 16.4 Å². The molecule has 0 heterocycles. The smallest absolute Gasteiger partial charge is 0.319 e. The molecule has 0 aromatic heterocycles. The third-order valence-electron chi connectivity index (χ3n) is 2.05. The van der Waals surface area contributed by atoms with Gasteiger partial charge in [0.2, 0.25) is 0 Å². The molecular weight excluding hydrogens is 224 g/mol. The fourth-order valence-corrected chi connectivity index (χ4v) is 1.15. The summed E-state index contributed by atoms with van der Waals surface area (Å²) in [6.07, 6.45) is 0. The van der Waals surface area contributed by atoms with Crippen LogP contribution in [0.4, 0.5) is 16.2 Å². The van der Waals surface area contributed by atoms with E-state index in [9.17, 15) is 14.9 Å². The number of carbonyl (C=O) groups excluding carboxylic acids is 1. The zero-order valence-corrected chi connectivity index (χ0v) is 9.34. The Morgan fingerprint density at radius 3 is 2.88 bits per heavy atom. The summed E-state index contributed by atoms with van der Waals surface area (Å²) in [7, 11) is 0. The Morgan fingerprint density at radius 1 is 1.59 bits per heavy atom. The van der Waals surface area contributed by atoms with Gasteiger partial charge in [-0.1, -0.05) is 6.07 Å². The molecule has 1 rings (SSSR count). The van der Waals surface area contributed by atoms with Gasteiger partial charge in [-0.05, 0) is 13.0 Å². The summed E-state index contributed by atoms with van der Waals surface area (Å²) >= 11 is 0. The third-order valence-corrected chi connectivity index (χ3v) is 2.05. The molecule has 17 heavy (non-hydrogen) atoms. The van der Waals surface area contributed by atoms with Crippen LogP contribution in [-0.4, -0.2) is 23.5 Å². The van der Waals surface area contributed by atoms with Gasteiger partial charge in [-0.25, -0.2) is 4.79 Å². The average Bonchev–Trinajstić information content (AvgIpc) is 2.28. The number of non-ortho nitro benzene ring substituents is 1. The number of nitro groups is 1. The lowest BCUT2D eigenvalue weighted by Crippen LogP contribution is -2.40. The molecule has 1 aromatic rings. The lowest BCUT2D eigenvalue weighted by atomic mass is 10.3. The standard InChI is InChI=1S/C10H14N4O3/c1-7(6-11)12-10(15)13-8-3-2-4-9(5-8)14(16)17/h2-5,7H,6,11H2,1H3,(H2,12,13,15)/t7-/m1/s1. The molecule has 0 radical (unpaired) electrons. The minimum absolute atomic E-state index is 0.0744. The molecular formula is C10H14N4O3. The first kappa shape index (κ1) is 12.9. The van der Waals surface area contributed by atoms with E-state index in [-0.39, 0.29) is 11.7 Å². The van der Waals surface area contributed by atoms with Gasteiger partial charge in [0.25, 0.3) is 5.69 Å². The van der Waals surface area contributed by atoms with E-state index < -0.39 is 11.0 Å². The Labute approximate surface area is 98.1 Å². The van der Waals surface area contributed by atoms with Crippen molar-refractivity contribution < 1.29 is 9.72 Å². The SMILES string of the molecule is C[C@H](CN)NC(=O)Nc1cccc([N+](=O)[O-])c1. The summed E-state index contributed by atoms with van der Waals surface area (Å²) in [5.74, 6) is 0. The number of nitrogens with one attached hydrogen (secondary N) is 2. The lowest BCUT2D eigenvalue weighted by Gasteiger charge is -2.12. The minimum atomic E-state index is -0.522. The van der Waals surface area contributed by atoms with Gasteiger partial charge in [0.15, 0.2) is 0 Å². The number of amides is 2. The molecule has 0 unspecified atom stereocenters. The Morgan fingerprint density at radius 2 is 2.29 bits per heavy atom. The summed E-state index contributed by atoms with van der Waals surface area (Å²) in [4.78, 5) is 21.4. The number of hydrogen-bond donors (Lipinski definition) is 3. The predicted octanol–water partition coefficient (Wildman–Crippen LogP) is 1.06. The van der Waals surface area contributed by atoms with Crippen molar-refractivity contribution in [3.8, 4) is 0 Å². The second-order valence-corrected chi connectivity index (χ2v) is 3.54. The normalized spacial score (nSPS) is 11.6. The van der Waals surface area contributed by atoms with Gasteiger partial charge in [0.1, 0.15) is 0 Å². The molecule has 7 nitrogen and oxygen atoms in total. The predicted molar refractivity (Wildman–Crippen MR) is 63.8 cm³/mol. The maximum atomic E-state index is 11.4. The Balaban J connectivity index is 2.65. The molecule has 92 valence electrons. The molecule has 1 atom stereocenters. The van der Waals surface area contributed by atoms with Gasteiger partial charge >= 0.3 is 6.03 Å². The van der Waals surface area contributed by atoms with Crippen molar-refractivity contribution in [2.75, 3.05) is 11.9 Å². The van der Waals surface area contributed by atoms with Crippen molar-refractivity contribution in [2.45, 2.75) is 13.0 Å². The first-order chi connectivity index (χ1) is 8.02. The fraction of sp³-hybridized carbons (Fsp3) is 0.300. The third kappa shape index (κ3) is 4.07. The van der Waals surface area contributed by atoms with E-state index in [1.54, 1.807) is 13.0 Å². The van der Waals surface area contributed by atoms with Crippen LogP contribution in [0.25, 0.3) is 0 Å². The summed E-state index contributed by atoms with van der Waals surface area (Å²) in [5, 5.41) is 15.6. The van der Waals surface area contributed by atoms with Crippen molar-refractivity contribution in [3.63, 3.8) is 0 Å². The molecule has 0 bridgehead atoms. The number of nitro benzene ring substituents is 1. The van der Waals surface area contributed by atoms with E-state index in [1.807, 2.05) is 0 Å². The van der Waals surface area contributed by atoms with Crippen molar-refractivity contribution in [1.82, 2.24) is 5.32 Å². The van der Waals surface area contributed by atoms with Crippen LogP contribution in [0.2, 0.25) is 0 Å². The van der Waals surface area contributed by atoms with E-state index in [4.69, 9.17) is 5.73 Å². The molecule has 0 aliphatic rings. The van der Waals surface area contributed by atoms with Crippen LogP contribution in [0, 0.1) is 10.1 Å². The summed E-state index contributed by atoms with van der Waals surface area (Å²) in [5.41, 5.74) is 5.63. The maximum absolute atomic E-state index is 11.4. The van der Waals surface area contributed by atoms with Crippen molar-refractivity contribution in [2.24, 2.45) is 5.73 Å². The van der Waals surface area contributed by atoms with E-state index in [1.165, 1.54) is 18.2 Å².